The molecule has 9 nitrogen and oxygen atoms in total. The Kier molecular flexibility index (Phi) is 6.07. The highest BCUT2D eigenvalue weighted by Gasteiger charge is 2.43. The van der Waals surface area contributed by atoms with Crippen molar-refractivity contribution >= 4 is 40.4 Å². The van der Waals surface area contributed by atoms with Gasteiger partial charge >= 0.3 is 0 Å². The van der Waals surface area contributed by atoms with Gasteiger partial charge in [0.1, 0.15) is 6.04 Å². The van der Waals surface area contributed by atoms with Crippen LogP contribution in [0.4, 0.5) is 5.69 Å². The van der Waals surface area contributed by atoms with Crippen LogP contribution in [0.5, 0.6) is 0 Å². The van der Waals surface area contributed by atoms with Gasteiger partial charge in [0, 0.05) is 68.3 Å². The third kappa shape index (κ3) is 4.33. The van der Waals surface area contributed by atoms with Gasteiger partial charge in [-0.25, -0.2) is 0 Å². The predicted molar refractivity (Wildman–Crippen MR) is 153 cm³/mol. The van der Waals surface area contributed by atoms with E-state index in [2.05, 4.69) is 44.4 Å². The SMILES string of the molecule is CN=CC1(CN2CCC(n3cc(Cc4ccc5c6c(cccc46)C(=O)N5C4CCC(=O)NC4=O)cn3)CC2)CC1. The van der Waals surface area contributed by atoms with E-state index in [-0.39, 0.29) is 18.2 Å². The Bertz CT molecular complexity index is 1550. The van der Waals surface area contributed by atoms with E-state index in [1.807, 2.05) is 31.4 Å². The number of carbonyl (C=O) groups is 3. The van der Waals surface area contributed by atoms with Gasteiger partial charge in [0.2, 0.25) is 11.8 Å². The molecule has 0 bridgehead atoms. The first kappa shape index (κ1) is 25.1. The second-order valence-corrected chi connectivity index (χ2v) is 11.9. The molecule has 1 N–H and O–H groups in total. The summed E-state index contributed by atoms with van der Waals surface area (Å²) in [6, 6.07) is 9.53. The number of piperidine rings is 2. The van der Waals surface area contributed by atoms with Crippen LogP contribution in [-0.4, -0.2) is 71.3 Å². The summed E-state index contributed by atoms with van der Waals surface area (Å²) < 4.78 is 2.14. The van der Waals surface area contributed by atoms with Crippen molar-refractivity contribution in [2.75, 3.05) is 31.6 Å². The molecular weight excluding hydrogens is 504 g/mol. The number of nitrogens with zero attached hydrogens (tertiary/aromatic N) is 5. The molecule has 0 radical (unpaired) electrons. The molecule has 4 aliphatic rings. The van der Waals surface area contributed by atoms with Gasteiger partial charge in [0.15, 0.2) is 0 Å². The largest absolute Gasteiger partial charge is 0.302 e. The molecule has 7 rings (SSSR count). The van der Waals surface area contributed by atoms with Crippen LogP contribution < -0.4 is 10.2 Å². The molecule has 1 saturated carbocycles. The van der Waals surface area contributed by atoms with Gasteiger partial charge in [-0.05, 0) is 60.7 Å². The van der Waals surface area contributed by atoms with Crippen LogP contribution in [0.1, 0.15) is 66.1 Å². The normalized spacial score (nSPS) is 23.0. The summed E-state index contributed by atoms with van der Waals surface area (Å²) in [4.78, 5) is 46.2. The predicted octanol–water partition coefficient (Wildman–Crippen LogP) is 3.51. The van der Waals surface area contributed by atoms with E-state index in [1.54, 1.807) is 4.90 Å². The summed E-state index contributed by atoms with van der Waals surface area (Å²) in [5, 5.41) is 9.04. The Morgan fingerprint density at radius 2 is 1.93 bits per heavy atom. The van der Waals surface area contributed by atoms with Crippen molar-refractivity contribution in [2.45, 2.75) is 57.0 Å². The number of benzene rings is 2. The van der Waals surface area contributed by atoms with Gasteiger partial charge in [0.05, 0.1) is 17.9 Å². The lowest BCUT2D eigenvalue weighted by Gasteiger charge is -2.33. The van der Waals surface area contributed by atoms with Crippen molar-refractivity contribution in [1.82, 2.24) is 20.0 Å². The van der Waals surface area contributed by atoms with Crippen molar-refractivity contribution in [1.29, 1.82) is 0 Å². The molecule has 1 aromatic heterocycles. The van der Waals surface area contributed by atoms with E-state index < -0.39 is 11.9 Å². The summed E-state index contributed by atoms with van der Waals surface area (Å²) in [6.07, 6.45) is 12.3. The Hall–Kier alpha value is -3.85. The lowest BCUT2D eigenvalue weighted by atomic mass is 9.97. The fourth-order valence-corrected chi connectivity index (χ4v) is 6.90. The summed E-state index contributed by atoms with van der Waals surface area (Å²) in [7, 11) is 1.88. The van der Waals surface area contributed by atoms with Crippen LogP contribution in [0.15, 0.2) is 47.7 Å². The fourth-order valence-electron chi connectivity index (χ4n) is 6.90. The second-order valence-electron chi connectivity index (χ2n) is 11.9. The van der Waals surface area contributed by atoms with Crippen LogP contribution in [0, 0.1) is 5.41 Å². The third-order valence-electron chi connectivity index (χ3n) is 9.15. The molecule has 1 unspecified atom stereocenters. The molecule has 1 atom stereocenters. The molecule has 4 heterocycles. The number of nitrogens with one attached hydrogen (secondary N) is 1. The first-order chi connectivity index (χ1) is 19.4. The quantitative estimate of drug-likeness (QED) is 0.367. The topological polar surface area (TPSA) is 99.9 Å². The Labute approximate surface area is 233 Å². The fraction of sp³-hybridized carbons (Fsp3) is 0.452. The minimum Gasteiger partial charge on any atom is -0.302 e. The lowest BCUT2D eigenvalue weighted by Crippen LogP contribution is -2.53. The van der Waals surface area contributed by atoms with Crippen molar-refractivity contribution < 1.29 is 14.4 Å². The number of carbonyl (C=O) groups excluding carboxylic acids is 3. The number of imide groups is 1. The van der Waals surface area contributed by atoms with Crippen molar-refractivity contribution in [3.8, 4) is 0 Å². The van der Waals surface area contributed by atoms with Crippen LogP contribution in [0.25, 0.3) is 10.8 Å². The molecule has 3 fully saturated rings. The number of rotatable bonds is 7. The van der Waals surface area contributed by atoms with Crippen molar-refractivity contribution in [3.63, 3.8) is 0 Å². The van der Waals surface area contributed by atoms with Gasteiger partial charge in [-0.1, -0.05) is 18.2 Å². The maximum absolute atomic E-state index is 13.4. The molecule has 3 aromatic rings. The van der Waals surface area contributed by atoms with Gasteiger partial charge < -0.3 is 9.89 Å². The van der Waals surface area contributed by atoms with Crippen molar-refractivity contribution in [2.24, 2.45) is 10.4 Å². The molecule has 2 saturated heterocycles. The van der Waals surface area contributed by atoms with Crippen LogP contribution in [-0.2, 0) is 16.0 Å². The highest BCUT2D eigenvalue weighted by molar-refractivity contribution is 6.27. The molecular formula is C31H34N6O3. The highest BCUT2D eigenvalue weighted by Crippen LogP contribution is 2.45. The first-order valence-electron chi connectivity index (χ1n) is 14.4. The van der Waals surface area contributed by atoms with Gasteiger partial charge in [0.25, 0.3) is 5.91 Å². The summed E-state index contributed by atoms with van der Waals surface area (Å²) in [5.74, 6) is -0.874. The highest BCUT2D eigenvalue weighted by atomic mass is 16.2. The number of aromatic nitrogens is 2. The zero-order valence-electron chi connectivity index (χ0n) is 22.8. The second kappa shape index (κ2) is 9.66. The van der Waals surface area contributed by atoms with Gasteiger partial charge in [-0.15, -0.1) is 0 Å². The zero-order valence-corrected chi connectivity index (χ0v) is 22.8. The van der Waals surface area contributed by atoms with Crippen LogP contribution >= 0.6 is 0 Å². The zero-order chi connectivity index (χ0) is 27.4. The van der Waals surface area contributed by atoms with Crippen LogP contribution in [0.3, 0.4) is 0 Å². The third-order valence-corrected chi connectivity index (χ3v) is 9.15. The maximum atomic E-state index is 13.4. The minimum absolute atomic E-state index is 0.180. The number of amides is 3. The van der Waals surface area contributed by atoms with Gasteiger partial charge in [-0.2, -0.15) is 5.10 Å². The summed E-state index contributed by atoms with van der Waals surface area (Å²) in [6.45, 7) is 3.30. The van der Waals surface area contributed by atoms with E-state index in [0.717, 1.165) is 60.1 Å². The molecule has 40 heavy (non-hydrogen) atoms. The van der Waals surface area contributed by atoms with E-state index in [9.17, 15) is 14.4 Å². The standard InChI is InChI=1S/C31H34N6O3/c1-32-18-31(11-12-31)19-35-13-9-22(10-14-35)36-17-20(16-33-36)15-21-5-6-25-28-23(21)3-2-4-24(28)30(40)37(25)26-7-8-27(38)34-29(26)39/h2-6,16-18,22,26H,7-15,19H2,1H3,(H,34,38,39). The summed E-state index contributed by atoms with van der Waals surface area (Å²) in [5.41, 5.74) is 3.95. The molecule has 9 heteroatoms. The van der Waals surface area contributed by atoms with Crippen LogP contribution in [0.2, 0.25) is 0 Å². The monoisotopic (exact) mass is 538 g/mol. The molecule has 3 amide bonds. The summed E-state index contributed by atoms with van der Waals surface area (Å²) >= 11 is 0. The Balaban J connectivity index is 1.08. The number of hydrogen-bond donors (Lipinski definition) is 1. The Morgan fingerprint density at radius 1 is 1.10 bits per heavy atom. The van der Waals surface area contributed by atoms with E-state index in [4.69, 9.17) is 5.10 Å². The number of anilines is 1. The molecule has 2 aromatic carbocycles. The molecule has 206 valence electrons. The Morgan fingerprint density at radius 3 is 2.67 bits per heavy atom. The molecule has 1 aliphatic carbocycles. The molecule has 0 spiro atoms. The van der Waals surface area contributed by atoms with Gasteiger partial charge in [-0.3, -0.25) is 29.3 Å². The number of aliphatic imine (C=N–C) groups is 1. The maximum Gasteiger partial charge on any atom is 0.259 e. The van der Waals surface area contributed by atoms with E-state index in [1.165, 1.54) is 12.8 Å². The molecule has 3 aliphatic heterocycles. The smallest absolute Gasteiger partial charge is 0.259 e. The number of hydrogen-bond acceptors (Lipinski definition) is 6. The first-order valence-corrected chi connectivity index (χ1v) is 14.4. The average Bonchev–Trinajstić information content (AvgIpc) is 3.42. The minimum atomic E-state index is -0.675. The number of likely N-dealkylation sites (tertiary alicyclic amines) is 1. The average molecular weight is 539 g/mol. The van der Waals surface area contributed by atoms with Crippen molar-refractivity contribution in [3.05, 3.63) is 59.4 Å². The van der Waals surface area contributed by atoms with E-state index in [0.29, 0.717) is 29.9 Å². The van der Waals surface area contributed by atoms with E-state index >= 15 is 0 Å². The lowest BCUT2D eigenvalue weighted by molar-refractivity contribution is -0.134.